The maximum absolute atomic E-state index is 13.0. The fraction of sp³-hybridized carbons (Fsp3) is 0.632. The van der Waals surface area contributed by atoms with Crippen molar-refractivity contribution in [1.29, 1.82) is 0 Å². The molecule has 4 heterocycles. The highest BCUT2D eigenvalue weighted by atomic mass is 16.5. The van der Waals surface area contributed by atoms with Gasteiger partial charge in [0.05, 0.1) is 32.3 Å². The number of nitrogens with zero attached hydrogens (tertiary/aromatic N) is 7. The molecule has 0 saturated carbocycles. The second-order valence-corrected chi connectivity index (χ2v) is 7.34. The van der Waals surface area contributed by atoms with Crippen molar-refractivity contribution >= 4 is 5.91 Å². The molecule has 150 valence electrons. The van der Waals surface area contributed by atoms with Crippen molar-refractivity contribution in [3.63, 3.8) is 0 Å². The van der Waals surface area contributed by atoms with Crippen LogP contribution in [0.4, 0.5) is 0 Å². The van der Waals surface area contributed by atoms with Crippen LogP contribution in [0.3, 0.4) is 0 Å². The number of morpholine rings is 1. The lowest BCUT2D eigenvalue weighted by Gasteiger charge is -2.36. The summed E-state index contributed by atoms with van der Waals surface area (Å²) in [6.07, 6.45) is 7.22. The Morgan fingerprint density at radius 2 is 2.11 bits per heavy atom. The molecule has 2 aliphatic heterocycles. The lowest BCUT2D eigenvalue weighted by atomic mass is 9.96. The minimum Gasteiger partial charge on any atom is -0.379 e. The molecule has 9 nitrogen and oxygen atoms in total. The third kappa shape index (κ3) is 4.53. The molecule has 2 saturated heterocycles. The van der Waals surface area contributed by atoms with E-state index in [2.05, 4.69) is 31.5 Å². The van der Waals surface area contributed by atoms with E-state index < -0.39 is 0 Å². The van der Waals surface area contributed by atoms with Crippen molar-refractivity contribution in [3.05, 3.63) is 35.9 Å². The first-order valence-corrected chi connectivity index (χ1v) is 10.1. The first-order chi connectivity index (χ1) is 13.8. The predicted molar refractivity (Wildman–Crippen MR) is 101 cm³/mol. The zero-order valence-electron chi connectivity index (χ0n) is 16.1. The number of ether oxygens (including phenoxy) is 1. The van der Waals surface area contributed by atoms with Gasteiger partial charge >= 0.3 is 0 Å². The van der Waals surface area contributed by atoms with Gasteiger partial charge in [0.25, 0.3) is 0 Å². The Balaban J connectivity index is 1.36. The number of likely N-dealkylation sites (tertiary alicyclic amines) is 1. The largest absolute Gasteiger partial charge is 0.379 e. The lowest BCUT2D eigenvalue weighted by molar-refractivity contribution is -0.135. The molecular formula is C19H27N7O2. The Labute approximate surface area is 164 Å². The zero-order chi connectivity index (χ0) is 19.2. The Hall–Kier alpha value is -2.39. The van der Waals surface area contributed by atoms with Gasteiger partial charge in [0.1, 0.15) is 0 Å². The number of rotatable bonds is 6. The normalized spacial score (nSPS) is 21.0. The van der Waals surface area contributed by atoms with E-state index in [1.54, 1.807) is 10.9 Å². The summed E-state index contributed by atoms with van der Waals surface area (Å²) in [4.78, 5) is 21.5. The Morgan fingerprint density at radius 1 is 1.21 bits per heavy atom. The van der Waals surface area contributed by atoms with Crippen LogP contribution in [0.1, 0.15) is 43.1 Å². The molecule has 1 atom stereocenters. The molecular weight excluding hydrogens is 358 g/mol. The summed E-state index contributed by atoms with van der Waals surface area (Å²) >= 11 is 0. The predicted octanol–water partition coefficient (Wildman–Crippen LogP) is 1.04. The van der Waals surface area contributed by atoms with Gasteiger partial charge in [0.15, 0.2) is 5.82 Å². The van der Waals surface area contributed by atoms with Gasteiger partial charge in [-0.25, -0.2) is 4.68 Å². The second-order valence-electron chi connectivity index (χ2n) is 7.34. The molecule has 2 aromatic heterocycles. The molecule has 2 aliphatic rings. The van der Waals surface area contributed by atoms with E-state index in [1.165, 1.54) is 0 Å². The number of hydrogen-bond acceptors (Lipinski definition) is 7. The Morgan fingerprint density at radius 3 is 2.93 bits per heavy atom. The molecule has 0 bridgehead atoms. The summed E-state index contributed by atoms with van der Waals surface area (Å²) in [6.45, 7) is 5.23. The summed E-state index contributed by atoms with van der Waals surface area (Å²) in [5.74, 6) is 0.957. The van der Waals surface area contributed by atoms with E-state index in [0.717, 1.165) is 63.5 Å². The molecule has 2 fully saturated rings. The van der Waals surface area contributed by atoms with Crippen LogP contribution in [-0.4, -0.2) is 73.7 Å². The molecule has 9 heteroatoms. The molecule has 1 unspecified atom stereocenters. The van der Waals surface area contributed by atoms with Gasteiger partial charge in [-0.2, -0.15) is 0 Å². The highest BCUT2D eigenvalue weighted by molar-refractivity contribution is 5.76. The fourth-order valence-electron chi connectivity index (χ4n) is 3.96. The smallest absolute Gasteiger partial charge is 0.224 e. The molecule has 0 aliphatic carbocycles. The average Bonchev–Trinajstić information content (AvgIpc) is 3.20. The number of aryl methyl sites for hydroxylation is 1. The number of pyridine rings is 1. The van der Waals surface area contributed by atoms with Gasteiger partial charge in [-0.1, -0.05) is 6.07 Å². The van der Waals surface area contributed by atoms with E-state index >= 15 is 0 Å². The number of amides is 1. The highest BCUT2D eigenvalue weighted by Gasteiger charge is 2.28. The van der Waals surface area contributed by atoms with Gasteiger partial charge in [0, 0.05) is 38.4 Å². The fourth-order valence-corrected chi connectivity index (χ4v) is 3.96. The molecule has 0 radical (unpaired) electrons. The van der Waals surface area contributed by atoms with Crippen molar-refractivity contribution in [2.24, 2.45) is 0 Å². The van der Waals surface area contributed by atoms with Gasteiger partial charge in [-0.15, -0.1) is 5.10 Å². The minimum absolute atomic E-state index is 0.122. The summed E-state index contributed by atoms with van der Waals surface area (Å²) in [5, 5.41) is 12.1. The third-order valence-corrected chi connectivity index (χ3v) is 5.50. The first kappa shape index (κ1) is 18.9. The molecule has 0 spiro atoms. The molecule has 0 N–H and O–H groups in total. The van der Waals surface area contributed by atoms with Crippen molar-refractivity contribution in [2.75, 3.05) is 32.8 Å². The van der Waals surface area contributed by atoms with Gasteiger partial charge in [0.2, 0.25) is 5.91 Å². The van der Waals surface area contributed by atoms with Crippen molar-refractivity contribution in [1.82, 2.24) is 35.0 Å². The van der Waals surface area contributed by atoms with Crippen LogP contribution in [0.2, 0.25) is 0 Å². The van der Waals surface area contributed by atoms with E-state index in [4.69, 9.17) is 4.74 Å². The Bertz CT molecular complexity index is 761. The molecule has 0 aromatic carbocycles. The van der Waals surface area contributed by atoms with E-state index in [1.807, 2.05) is 17.2 Å². The molecule has 4 rings (SSSR count). The van der Waals surface area contributed by atoms with Crippen molar-refractivity contribution in [2.45, 2.75) is 44.8 Å². The van der Waals surface area contributed by atoms with Crippen LogP contribution in [0, 0.1) is 0 Å². The second kappa shape index (κ2) is 9.20. The van der Waals surface area contributed by atoms with Crippen LogP contribution in [0.15, 0.2) is 24.5 Å². The summed E-state index contributed by atoms with van der Waals surface area (Å²) < 4.78 is 7.15. The van der Waals surface area contributed by atoms with Crippen LogP contribution in [0.5, 0.6) is 0 Å². The van der Waals surface area contributed by atoms with Crippen molar-refractivity contribution < 1.29 is 9.53 Å². The number of piperidine rings is 1. The minimum atomic E-state index is 0.122. The molecule has 28 heavy (non-hydrogen) atoms. The number of hydrogen-bond donors (Lipinski definition) is 0. The zero-order valence-corrected chi connectivity index (χ0v) is 16.1. The Kier molecular flexibility index (Phi) is 6.23. The molecule has 2 aromatic rings. The van der Waals surface area contributed by atoms with Gasteiger partial charge < -0.3 is 9.64 Å². The van der Waals surface area contributed by atoms with E-state index in [9.17, 15) is 4.79 Å². The standard InChI is InChI=1S/C19H27N7O2/c27-19(25-8-2-1-5-17(25)16-4-3-7-20-14-16)6-9-26-18(21-22-23-26)15-24-10-12-28-13-11-24/h3-4,7,14,17H,1-2,5-6,8-13,15H2. The maximum Gasteiger partial charge on any atom is 0.224 e. The summed E-state index contributed by atoms with van der Waals surface area (Å²) in [7, 11) is 0. The summed E-state index contributed by atoms with van der Waals surface area (Å²) in [5.41, 5.74) is 1.12. The SMILES string of the molecule is O=C(CCn1nnnc1CN1CCOCC1)N1CCCCC1c1cccnc1. The average molecular weight is 385 g/mol. The van der Waals surface area contributed by atoms with Gasteiger partial charge in [-0.05, 0) is 41.3 Å². The number of aromatic nitrogens is 5. The van der Waals surface area contributed by atoms with Crippen LogP contribution < -0.4 is 0 Å². The number of carbonyl (C=O) groups excluding carboxylic acids is 1. The van der Waals surface area contributed by atoms with Crippen molar-refractivity contribution in [3.8, 4) is 0 Å². The van der Waals surface area contributed by atoms with Crippen LogP contribution in [-0.2, 0) is 22.6 Å². The number of carbonyl (C=O) groups is 1. The monoisotopic (exact) mass is 385 g/mol. The van der Waals surface area contributed by atoms with Gasteiger partial charge in [-0.3, -0.25) is 14.7 Å². The van der Waals surface area contributed by atoms with E-state index in [0.29, 0.717) is 19.5 Å². The summed E-state index contributed by atoms with van der Waals surface area (Å²) in [6, 6.07) is 4.12. The molecule has 1 amide bonds. The first-order valence-electron chi connectivity index (χ1n) is 10.1. The highest BCUT2D eigenvalue weighted by Crippen LogP contribution is 2.30. The lowest BCUT2D eigenvalue weighted by Crippen LogP contribution is -2.39. The maximum atomic E-state index is 13.0. The third-order valence-electron chi connectivity index (χ3n) is 5.50. The quantitative estimate of drug-likeness (QED) is 0.734. The number of tetrazole rings is 1. The van der Waals surface area contributed by atoms with Crippen LogP contribution >= 0.6 is 0 Å². The topological polar surface area (TPSA) is 89.3 Å². The van der Waals surface area contributed by atoms with Crippen LogP contribution in [0.25, 0.3) is 0 Å². The van der Waals surface area contributed by atoms with E-state index in [-0.39, 0.29) is 11.9 Å².